The number of hydrogen-bond acceptors (Lipinski definition) is 14. The minimum atomic E-state index is -0.873. The van der Waals surface area contributed by atoms with Gasteiger partial charge in [-0.15, -0.1) is 0 Å². The van der Waals surface area contributed by atoms with Crippen LogP contribution >= 0.6 is 0 Å². The third-order valence-corrected chi connectivity index (χ3v) is 5.98. The Hall–Kier alpha value is -7.16. The number of hydrazine groups is 2. The maximum absolute atomic E-state index is 12.9. The number of rotatable bonds is 6. The fourth-order valence-electron chi connectivity index (χ4n) is 3.74. The zero-order valence-electron chi connectivity index (χ0n) is 27.5. The number of azide groups is 1. The summed E-state index contributed by atoms with van der Waals surface area (Å²) in [4.78, 5) is 35.6. The third-order valence-electron chi connectivity index (χ3n) is 5.98. The summed E-state index contributed by atoms with van der Waals surface area (Å²) in [5.74, 6) is 9.44. The molecule has 0 atom stereocenters. The highest BCUT2D eigenvalue weighted by molar-refractivity contribution is 5.93. The second kappa shape index (κ2) is 21.8. The first-order valence-corrected chi connectivity index (χ1v) is 14.3. The largest absolute Gasteiger partial charge is 0.463 e. The number of carbonyl (C=O) groups excluding carboxylic acids is 3. The summed E-state index contributed by atoms with van der Waals surface area (Å²) in [6, 6.07) is 21.4. The van der Waals surface area contributed by atoms with Gasteiger partial charge in [-0.05, 0) is 47.0 Å². The monoisotopic (exact) mass is 738 g/mol. The van der Waals surface area contributed by atoms with Crippen LogP contribution in [0.4, 0.5) is 13.2 Å². The maximum Gasteiger partial charge on any atom is 0.376 e. The third kappa shape index (κ3) is 12.6. The van der Waals surface area contributed by atoms with E-state index in [1.54, 1.807) is 30.3 Å². The molecular weight excluding hydrogens is 709 g/mol. The van der Waals surface area contributed by atoms with Crippen LogP contribution in [0.15, 0.2) is 110 Å². The number of methoxy groups -OCH3 is 1. The average Bonchev–Trinajstić information content (AvgIpc) is 3.99. The molecule has 276 valence electrons. The van der Waals surface area contributed by atoms with E-state index in [0.29, 0.717) is 33.8 Å². The lowest BCUT2D eigenvalue weighted by Crippen LogP contribution is -2.29. The van der Waals surface area contributed by atoms with Crippen LogP contribution in [-0.4, -0.2) is 52.6 Å². The number of benzene rings is 3. The quantitative estimate of drug-likeness (QED) is 0.0294. The van der Waals surface area contributed by atoms with Crippen molar-refractivity contribution in [2.75, 3.05) is 14.2 Å². The molecule has 3 heterocycles. The Morgan fingerprint density at radius 1 is 0.717 bits per heavy atom. The zero-order valence-corrected chi connectivity index (χ0v) is 27.5. The molecular formula is C32H29F3N10O8. The molecule has 21 heteroatoms. The van der Waals surface area contributed by atoms with E-state index in [4.69, 9.17) is 25.5 Å². The lowest BCUT2D eigenvalue weighted by atomic mass is 10.1. The van der Waals surface area contributed by atoms with Gasteiger partial charge in [-0.1, -0.05) is 51.9 Å². The molecule has 6 rings (SSSR count). The molecule has 0 radical (unpaired) electrons. The highest BCUT2D eigenvalue weighted by atomic mass is 19.1. The predicted octanol–water partition coefficient (Wildman–Crippen LogP) is 4.71. The molecule has 0 aliphatic carbocycles. The lowest BCUT2D eigenvalue weighted by molar-refractivity contribution is 0.0554. The zero-order chi connectivity index (χ0) is 39.3. The summed E-state index contributed by atoms with van der Waals surface area (Å²) in [6.45, 7) is 0. The Labute approximate surface area is 296 Å². The van der Waals surface area contributed by atoms with Gasteiger partial charge in [-0.3, -0.25) is 26.7 Å². The van der Waals surface area contributed by atoms with Crippen LogP contribution in [0.25, 0.3) is 44.2 Å². The van der Waals surface area contributed by atoms with E-state index >= 15 is 0 Å². The van der Waals surface area contributed by atoms with Crippen molar-refractivity contribution in [1.82, 2.24) is 20.9 Å². The van der Waals surface area contributed by atoms with Gasteiger partial charge in [0.25, 0.3) is 5.91 Å². The number of esters is 1. The summed E-state index contributed by atoms with van der Waals surface area (Å²) in [6.07, 6.45) is 0. The fourth-order valence-corrected chi connectivity index (χ4v) is 3.74. The van der Waals surface area contributed by atoms with E-state index < -0.39 is 23.6 Å². The van der Waals surface area contributed by atoms with Gasteiger partial charge >= 0.3 is 11.9 Å². The number of nitrogens with two attached hydrogens (primary N) is 3. The van der Waals surface area contributed by atoms with Gasteiger partial charge in [0.2, 0.25) is 17.3 Å². The van der Waals surface area contributed by atoms with Crippen molar-refractivity contribution in [3.8, 4) is 33.8 Å². The molecule has 0 aliphatic rings. The minimum absolute atomic E-state index is 0.0123. The number of aromatic nitrogens is 3. The first-order chi connectivity index (χ1) is 25.6. The van der Waals surface area contributed by atoms with Crippen molar-refractivity contribution in [3.05, 3.63) is 136 Å². The van der Waals surface area contributed by atoms with Gasteiger partial charge in [-0.2, -0.15) is 0 Å². The van der Waals surface area contributed by atoms with Crippen LogP contribution in [0.3, 0.4) is 0 Å². The molecule has 0 aliphatic heterocycles. The molecule has 0 unspecified atom stereocenters. The topological polar surface area (TPSA) is 298 Å². The summed E-state index contributed by atoms with van der Waals surface area (Å²) < 4.78 is 57.5. The van der Waals surface area contributed by atoms with E-state index in [1.165, 1.54) is 67.8 Å². The highest BCUT2D eigenvalue weighted by Crippen LogP contribution is 2.22. The number of nitrogen functional groups attached to an aromatic ring is 1. The van der Waals surface area contributed by atoms with E-state index in [-0.39, 0.29) is 28.9 Å². The second-order valence-electron chi connectivity index (χ2n) is 9.22. The first-order valence-electron chi connectivity index (χ1n) is 14.3. The van der Waals surface area contributed by atoms with Crippen molar-refractivity contribution in [1.29, 1.82) is 0 Å². The van der Waals surface area contributed by atoms with Crippen molar-refractivity contribution < 1.29 is 51.0 Å². The smallest absolute Gasteiger partial charge is 0.376 e. The van der Waals surface area contributed by atoms with E-state index in [9.17, 15) is 27.6 Å². The normalized spacial score (nSPS) is 9.45. The number of ether oxygens (including phenoxy) is 1. The summed E-state index contributed by atoms with van der Waals surface area (Å²) in [5, 5.41) is 20.7. The van der Waals surface area contributed by atoms with Gasteiger partial charge in [0.05, 0.1) is 7.11 Å². The molecule has 2 amide bonds. The molecule has 0 saturated heterocycles. The number of aliphatic hydroxyl groups is 1. The number of nitrogens with one attached hydrogen (secondary N) is 1. The molecule has 18 nitrogen and oxygen atoms in total. The Morgan fingerprint density at radius 2 is 1.09 bits per heavy atom. The molecule has 6 aromatic rings. The molecule has 3 aromatic heterocycles. The summed E-state index contributed by atoms with van der Waals surface area (Å²) in [5.41, 5.74) is 12.6. The van der Waals surface area contributed by atoms with Crippen LogP contribution in [0.2, 0.25) is 0 Å². The highest BCUT2D eigenvalue weighted by Gasteiger charge is 2.15. The number of amides is 2. The van der Waals surface area contributed by atoms with Crippen LogP contribution < -0.4 is 23.0 Å². The maximum atomic E-state index is 12.9. The molecule has 8 N–H and O–H groups in total. The molecule has 0 saturated carbocycles. The fraction of sp³-hybridized carbons (Fsp3) is 0.0625. The second-order valence-corrected chi connectivity index (χ2v) is 9.22. The number of halogens is 3. The summed E-state index contributed by atoms with van der Waals surface area (Å²) >= 11 is 0. The van der Waals surface area contributed by atoms with Gasteiger partial charge in [0.1, 0.15) is 34.5 Å². The van der Waals surface area contributed by atoms with Crippen molar-refractivity contribution in [3.63, 3.8) is 0 Å². The van der Waals surface area contributed by atoms with Crippen LogP contribution in [-0.2, 0) is 4.74 Å². The number of nitrogens with zero attached hydrogens (tertiary/aromatic N) is 6. The Balaban J connectivity index is 0.000000262. The Morgan fingerprint density at radius 3 is 1.47 bits per heavy atom. The first kappa shape index (κ1) is 42.0. The van der Waals surface area contributed by atoms with Gasteiger partial charge in [-0.25, -0.2) is 23.8 Å². The number of carbonyl (C=O) groups is 3. The number of aliphatic hydroxyl groups excluding tert-OH is 1. The van der Waals surface area contributed by atoms with Crippen LogP contribution in [0, 0.1) is 17.5 Å². The van der Waals surface area contributed by atoms with Crippen molar-refractivity contribution >= 4 is 17.8 Å². The Bertz CT molecular complexity index is 2050. The van der Waals surface area contributed by atoms with Crippen molar-refractivity contribution in [2.45, 2.75) is 0 Å². The van der Waals surface area contributed by atoms with E-state index in [1.807, 2.05) is 5.43 Å². The average molecular weight is 739 g/mol. The van der Waals surface area contributed by atoms with Gasteiger partial charge in [0, 0.05) is 46.9 Å². The molecule has 0 spiro atoms. The SMILES string of the molecule is CO.COC(=O)c1cc(-c2cccc(F)c2)no1.NN.NNC(=O)c1cc(-c2cccc(F)c2)no1.[N-]=[N+]=NC(=O)c1cc(-c2cccc(F)c2)no1. The van der Waals surface area contributed by atoms with E-state index in [0.717, 1.165) is 7.11 Å². The molecule has 0 bridgehead atoms. The summed E-state index contributed by atoms with van der Waals surface area (Å²) in [7, 11) is 2.24. The number of hydrogen-bond donors (Lipinski definition) is 5. The van der Waals surface area contributed by atoms with Gasteiger partial charge in [0.15, 0.2) is 0 Å². The molecule has 3 aromatic carbocycles. The molecule has 53 heavy (non-hydrogen) atoms. The minimum Gasteiger partial charge on any atom is -0.463 e. The van der Waals surface area contributed by atoms with Crippen LogP contribution in [0.1, 0.15) is 31.7 Å². The molecule has 0 fully saturated rings. The van der Waals surface area contributed by atoms with Gasteiger partial charge < -0.3 is 23.4 Å². The van der Waals surface area contributed by atoms with Crippen LogP contribution in [0.5, 0.6) is 0 Å². The predicted molar refractivity (Wildman–Crippen MR) is 179 cm³/mol. The van der Waals surface area contributed by atoms with Crippen molar-refractivity contribution in [2.24, 2.45) is 22.6 Å². The lowest BCUT2D eigenvalue weighted by Gasteiger charge is -1.93. The Kier molecular flexibility index (Phi) is 17.3. The standard InChI is InChI=1S/C11H8FNO3.C10H5FN4O2.C10H8FN3O2.CH4O.H4N2/c1-15-11(14)10-6-9(13-16-10)7-3-2-4-8(12)5-7;11-7-3-1-2-6(4-7)8-5-9(17-14-8)10(16)13-15-12;11-7-3-1-2-6(4-7)8-5-9(16-14-8)10(15)13-12;2*1-2/h2-6H,1H3;1-5H;1-5H,12H2,(H,13,15);2H,1H3;1-2H2. The van der Waals surface area contributed by atoms with E-state index in [2.05, 4.69) is 46.4 Å².